The molecule has 1 fully saturated rings. The molecule has 168 valence electrons. The van der Waals surface area contributed by atoms with E-state index in [9.17, 15) is 4.79 Å². The molecule has 0 saturated carbocycles. The number of ether oxygens (including phenoxy) is 1. The van der Waals surface area contributed by atoms with Crippen LogP contribution in [-0.4, -0.2) is 49.6 Å². The maximum atomic E-state index is 12.1. The van der Waals surface area contributed by atoms with E-state index in [1.165, 1.54) is 22.6 Å². The van der Waals surface area contributed by atoms with Crippen molar-refractivity contribution in [2.75, 3.05) is 37.6 Å². The van der Waals surface area contributed by atoms with E-state index in [4.69, 9.17) is 16.3 Å². The van der Waals surface area contributed by atoms with Gasteiger partial charge in [-0.25, -0.2) is 0 Å². The summed E-state index contributed by atoms with van der Waals surface area (Å²) in [7, 11) is 0. The molecule has 0 radical (unpaired) electrons. The molecule has 1 amide bonds. The van der Waals surface area contributed by atoms with E-state index < -0.39 is 0 Å². The first-order valence-corrected chi connectivity index (χ1v) is 12.1. The van der Waals surface area contributed by atoms with Crippen LogP contribution in [0.3, 0.4) is 0 Å². The molecule has 1 aliphatic heterocycles. The van der Waals surface area contributed by atoms with Crippen molar-refractivity contribution in [2.24, 2.45) is 0 Å². The lowest BCUT2D eigenvalue weighted by Gasteiger charge is -2.36. The van der Waals surface area contributed by atoms with Crippen molar-refractivity contribution in [3.8, 4) is 5.75 Å². The van der Waals surface area contributed by atoms with Gasteiger partial charge < -0.3 is 15.0 Å². The van der Waals surface area contributed by atoms with E-state index in [0.29, 0.717) is 6.54 Å². The molecule has 2 aromatic carbocycles. The number of carbonyl (C=O) groups is 1. The van der Waals surface area contributed by atoms with Crippen molar-refractivity contribution >= 4 is 34.5 Å². The Morgan fingerprint density at radius 1 is 1.09 bits per heavy atom. The van der Waals surface area contributed by atoms with Gasteiger partial charge in [0.1, 0.15) is 11.9 Å². The third-order valence-electron chi connectivity index (χ3n) is 5.48. The van der Waals surface area contributed by atoms with Crippen LogP contribution in [-0.2, 0) is 6.54 Å². The highest BCUT2D eigenvalue weighted by molar-refractivity contribution is 7.12. The predicted molar refractivity (Wildman–Crippen MR) is 132 cm³/mol. The van der Waals surface area contributed by atoms with E-state index >= 15 is 0 Å². The molecule has 3 aromatic rings. The summed E-state index contributed by atoms with van der Waals surface area (Å²) in [5.41, 5.74) is 2.42. The maximum Gasteiger partial charge on any atom is 0.261 e. The standard InChI is InChI=1S/C25H28ClN3O2S/c1-19(17-27-25(30)24-9-4-14-32-24)31-23-8-2-5-20(15-23)18-28-10-12-29(13-11-28)22-7-3-6-21(26)16-22/h2-9,14-16,19H,10-13,17-18H2,1H3,(H,27,30). The first-order valence-electron chi connectivity index (χ1n) is 10.9. The topological polar surface area (TPSA) is 44.8 Å². The lowest BCUT2D eigenvalue weighted by molar-refractivity contribution is 0.0936. The van der Waals surface area contributed by atoms with E-state index in [-0.39, 0.29) is 12.0 Å². The zero-order valence-electron chi connectivity index (χ0n) is 18.2. The first-order chi connectivity index (χ1) is 15.6. The average molecular weight is 470 g/mol. The van der Waals surface area contributed by atoms with Crippen molar-refractivity contribution < 1.29 is 9.53 Å². The zero-order chi connectivity index (χ0) is 22.3. The normalized spacial score (nSPS) is 15.4. The van der Waals surface area contributed by atoms with Gasteiger partial charge in [0.2, 0.25) is 0 Å². The molecule has 2 heterocycles. The fraction of sp³-hybridized carbons (Fsp3) is 0.320. The highest BCUT2D eigenvalue weighted by Crippen LogP contribution is 2.22. The van der Waals surface area contributed by atoms with Crippen LogP contribution in [0.25, 0.3) is 0 Å². The molecule has 1 saturated heterocycles. The van der Waals surface area contributed by atoms with Gasteiger partial charge in [-0.3, -0.25) is 9.69 Å². The number of anilines is 1. The monoisotopic (exact) mass is 469 g/mol. The lowest BCUT2D eigenvalue weighted by atomic mass is 10.1. The van der Waals surface area contributed by atoms with Crippen LogP contribution in [0.2, 0.25) is 5.02 Å². The van der Waals surface area contributed by atoms with E-state index in [1.54, 1.807) is 0 Å². The molecule has 1 aromatic heterocycles. The highest BCUT2D eigenvalue weighted by atomic mass is 35.5. The molecule has 1 unspecified atom stereocenters. The summed E-state index contributed by atoms with van der Waals surface area (Å²) in [6.45, 7) is 7.30. The number of hydrogen-bond donors (Lipinski definition) is 1. The maximum absolute atomic E-state index is 12.1. The number of carbonyl (C=O) groups excluding carboxylic acids is 1. The fourth-order valence-electron chi connectivity index (χ4n) is 3.82. The number of nitrogens with one attached hydrogen (secondary N) is 1. The Bertz CT molecular complexity index is 1020. The van der Waals surface area contributed by atoms with Gasteiger partial charge in [-0.15, -0.1) is 11.3 Å². The van der Waals surface area contributed by atoms with Gasteiger partial charge in [-0.2, -0.15) is 0 Å². The summed E-state index contributed by atoms with van der Waals surface area (Å²) in [5.74, 6) is 0.777. The van der Waals surface area contributed by atoms with Gasteiger partial charge in [0, 0.05) is 43.4 Å². The van der Waals surface area contributed by atoms with E-state index in [0.717, 1.165) is 48.4 Å². The van der Waals surface area contributed by atoms with Gasteiger partial charge in [0.05, 0.1) is 11.4 Å². The van der Waals surface area contributed by atoms with Crippen LogP contribution in [0, 0.1) is 0 Å². The summed E-state index contributed by atoms with van der Waals surface area (Å²) >= 11 is 7.58. The van der Waals surface area contributed by atoms with Crippen LogP contribution in [0.15, 0.2) is 66.0 Å². The number of halogens is 1. The zero-order valence-corrected chi connectivity index (χ0v) is 19.7. The molecule has 5 nitrogen and oxygen atoms in total. The minimum absolute atomic E-state index is 0.0545. The third-order valence-corrected chi connectivity index (χ3v) is 6.59. The second-order valence-corrected chi connectivity index (χ2v) is 9.39. The van der Waals surface area contributed by atoms with Crippen molar-refractivity contribution in [1.29, 1.82) is 0 Å². The molecule has 7 heteroatoms. The second-order valence-electron chi connectivity index (χ2n) is 8.01. The van der Waals surface area contributed by atoms with Crippen molar-refractivity contribution in [1.82, 2.24) is 10.2 Å². The quantitative estimate of drug-likeness (QED) is 0.508. The van der Waals surface area contributed by atoms with Gasteiger partial charge in [0.15, 0.2) is 0 Å². The Morgan fingerprint density at radius 3 is 2.66 bits per heavy atom. The number of thiophene rings is 1. The average Bonchev–Trinajstić information content (AvgIpc) is 3.33. The second kappa shape index (κ2) is 10.9. The van der Waals surface area contributed by atoms with E-state index in [1.807, 2.05) is 54.8 Å². The first kappa shape index (κ1) is 22.6. The largest absolute Gasteiger partial charge is 0.489 e. The molecule has 1 atom stereocenters. The van der Waals surface area contributed by atoms with Crippen molar-refractivity contribution in [3.63, 3.8) is 0 Å². The molecular weight excluding hydrogens is 442 g/mol. The van der Waals surface area contributed by atoms with Gasteiger partial charge in [-0.1, -0.05) is 35.9 Å². The molecule has 0 spiro atoms. The summed E-state index contributed by atoms with van der Waals surface area (Å²) in [6.07, 6.45) is -0.115. The summed E-state index contributed by atoms with van der Waals surface area (Å²) in [5, 5.41) is 5.61. The lowest BCUT2D eigenvalue weighted by Crippen LogP contribution is -2.45. The number of amides is 1. The number of hydrogen-bond acceptors (Lipinski definition) is 5. The van der Waals surface area contributed by atoms with Crippen molar-refractivity contribution in [2.45, 2.75) is 19.6 Å². The van der Waals surface area contributed by atoms with Crippen molar-refractivity contribution in [3.05, 3.63) is 81.5 Å². The third kappa shape index (κ3) is 6.25. The number of rotatable bonds is 8. The van der Waals surface area contributed by atoms with Gasteiger partial charge in [-0.05, 0) is 54.3 Å². The summed E-state index contributed by atoms with van der Waals surface area (Å²) in [4.78, 5) is 17.7. The molecule has 1 N–H and O–H groups in total. The molecular formula is C25H28ClN3O2S. The Balaban J connectivity index is 1.25. The van der Waals surface area contributed by atoms with Crippen LogP contribution in [0.5, 0.6) is 5.75 Å². The number of piperazine rings is 1. The molecule has 32 heavy (non-hydrogen) atoms. The SMILES string of the molecule is CC(CNC(=O)c1cccs1)Oc1cccc(CN2CCN(c3cccc(Cl)c3)CC2)c1. The van der Waals surface area contributed by atoms with Crippen LogP contribution in [0.1, 0.15) is 22.2 Å². The minimum atomic E-state index is -0.115. The predicted octanol–water partition coefficient (Wildman–Crippen LogP) is 4.92. The van der Waals surface area contributed by atoms with Gasteiger partial charge >= 0.3 is 0 Å². The highest BCUT2D eigenvalue weighted by Gasteiger charge is 2.18. The fourth-order valence-corrected chi connectivity index (χ4v) is 4.64. The number of nitrogens with zero attached hydrogens (tertiary/aromatic N) is 2. The van der Waals surface area contributed by atoms with Gasteiger partial charge in [0.25, 0.3) is 5.91 Å². The Morgan fingerprint density at radius 2 is 1.91 bits per heavy atom. The van der Waals surface area contributed by atoms with Crippen LogP contribution in [0.4, 0.5) is 5.69 Å². The molecule has 4 rings (SSSR count). The van der Waals surface area contributed by atoms with Crippen LogP contribution >= 0.6 is 22.9 Å². The van der Waals surface area contributed by atoms with Crippen LogP contribution < -0.4 is 15.0 Å². The Labute approximate surface area is 198 Å². The molecule has 0 aliphatic carbocycles. The Hall–Kier alpha value is -2.54. The number of benzene rings is 2. The summed E-state index contributed by atoms with van der Waals surface area (Å²) in [6, 6.07) is 20.0. The molecule has 1 aliphatic rings. The minimum Gasteiger partial charge on any atom is -0.489 e. The Kier molecular flexibility index (Phi) is 7.68. The summed E-state index contributed by atoms with van der Waals surface area (Å²) < 4.78 is 6.05. The molecule has 0 bridgehead atoms. The van der Waals surface area contributed by atoms with E-state index in [2.05, 4.69) is 33.3 Å². The smallest absolute Gasteiger partial charge is 0.261 e.